The topological polar surface area (TPSA) is 64.6 Å². The van der Waals surface area contributed by atoms with E-state index in [0.29, 0.717) is 18.8 Å². The number of nitrogens with one attached hydrogen (secondary N) is 1. The smallest absolute Gasteiger partial charge is 0.328 e. The Balaban J connectivity index is 2.54. The molecule has 1 heterocycles. The maximum atomic E-state index is 12.0. The number of esters is 1. The van der Waals surface area contributed by atoms with E-state index < -0.39 is 18.1 Å². The van der Waals surface area contributed by atoms with E-state index in [1.54, 1.807) is 0 Å². The van der Waals surface area contributed by atoms with Crippen molar-refractivity contribution in [1.82, 2.24) is 5.32 Å². The van der Waals surface area contributed by atoms with E-state index in [-0.39, 0.29) is 12.0 Å². The second-order valence-electron chi connectivity index (χ2n) is 5.23. The number of amides is 1. The molecule has 0 aromatic heterocycles. The molecule has 0 aromatic carbocycles. The molecule has 0 spiro atoms. The fraction of sp³-hybridized carbons (Fsp3) is 0.846. The van der Waals surface area contributed by atoms with Crippen molar-refractivity contribution in [3.8, 4) is 0 Å². The molecule has 0 bridgehead atoms. The summed E-state index contributed by atoms with van der Waals surface area (Å²) in [7, 11) is 1.33. The molecule has 0 saturated carbocycles. The molecule has 104 valence electrons. The summed E-state index contributed by atoms with van der Waals surface area (Å²) in [4.78, 5) is 23.5. The Morgan fingerprint density at radius 1 is 1.39 bits per heavy atom. The average Bonchev–Trinajstić information content (AvgIpc) is 2.73. The van der Waals surface area contributed by atoms with Crippen LogP contribution in [0.4, 0.5) is 0 Å². The van der Waals surface area contributed by atoms with Gasteiger partial charge in [-0.1, -0.05) is 13.8 Å². The zero-order valence-corrected chi connectivity index (χ0v) is 11.6. The van der Waals surface area contributed by atoms with Crippen LogP contribution in [0.3, 0.4) is 0 Å². The molecule has 0 radical (unpaired) electrons. The summed E-state index contributed by atoms with van der Waals surface area (Å²) in [5, 5.41) is 2.72. The van der Waals surface area contributed by atoms with Gasteiger partial charge in [-0.25, -0.2) is 4.79 Å². The molecular formula is C13H23NO4. The van der Waals surface area contributed by atoms with E-state index in [0.717, 1.165) is 6.42 Å². The summed E-state index contributed by atoms with van der Waals surface area (Å²) < 4.78 is 10.2. The van der Waals surface area contributed by atoms with Crippen molar-refractivity contribution in [2.24, 2.45) is 5.92 Å². The number of hydrogen-bond donors (Lipinski definition) is 1. The van der Waals surface area contributed by atoms with Crippen molar-refractivity contribution in [3.05, 3.63) is 0 Å². The summed E-state index contributed by atoms with van der Waals surface area (Å²) in [5.74, 6) is -0.309. The fourth-order valence-corrected chi connectivity index (χ4v) is 2.09. The third kappa shape index (κ3) is 4.29. The SMILES string of the molecule is COC(=O)C(CC(C)C)NC(=O)C1CCC(C)O1. The summed E-state index contributed by atoms with van der Waals surface area (Å²) >= 11 is 0. The van der Waals surface area contributed by atoms with Gasteiger partial charge in [-0.15, -0.1) is 0 Å². The van der Waals surface area contributed by atoms with Crippen LogP contribution in [-0.4, -0.2) is 37.2 Å². The van der Waals surface area contributed by atoms with Gasteiger partial charge in [0.25, 0.3) is 0 Å². The summed E-state index contributed by atoms with van der Waals surface area (Å²) in [6.45, 7) is 5.94. The van der Waals surface area contributed by atoms with Crippen molar-refractivity contribution in [1.29, 1.82) is 0 Å². The highest BCUT2D eigenvalue weighted by Gasteiger charge is 2.31. The first-order valence-corrected chi connectivity index (χ1v) is 6.47. The second kappa shape index (κ2) is 6.73. The number of hydrogen-bond acceptors (Lipinski definition) is 4. The summed E-state index contributed by atoms with van der Waals surface area (Å²) in [5.41, 5.74) is 0. The van der Waals surface area contributed by atoms with Gasteiger partial charge in [0.05, 0.1) is 13.2 Å². The number of carbonyl (C=O) groups excluding carboxylic acids is 2. The lowest BCUT2D eigenvalue weighted by atomic mass is 10.0. The van der Waals surface area contributed by atoms with E-state index >= 15 is 0 Å². The number of methoxy groups -OCH3 is 1. The zero-order valence-electron chi connectivity index (χ0n) is 11.6. The van der Waals surface area contributed by atoms with Crippen molar-refractivity contribution >= 4 is 11.9 Å². The van der Waals surface area contributed by atoms with Gasteiger partial charge < -0.3 is 14.8 Å². The van der Waals surface area contributed by atoms with Crippen molar-refractivity contribution in [2.45, 2.75) is 58.3 Å². The average molecular weight is 257 g/mol. The quantitative estimate of drug-likeness (QED) is 0.753. The van der Waals surface area contributed by atoms with E-state index in [1.807, 2.05) is 20.8 Å². The van der Waals surface area contributed by atoms with Crippen LogP contribution in [-0.2, 0) is 19.1 Å². The molecule has 18 heavy (non-hydrogen) atoms. The zero-order chi connectivity index (χ0) is 13.7. The summed E-state index contributed by atoms with van der Waals surface area (Å²) in [6, 6.07) is -0.581. The third-order valence-corrected chi connectivity index (χ3v) is 3.03. The molecule has 1 rings (SSSR count). The van der Waals surface area contributed by atoms with Crippen molar-refractivity contribution in [2.75, 3.05) is 7.11 Å². The van der Waals surface area contributed by atoms with Gasteiger partial charge in [-0.05, 0) is 32.1 Å². The van der Waals surface area contributed by atoms with E-state index in [2.05, 4.69) is 5.32 Å². The second-order valence-corrected chi connectivity index (χ2v) is 5.23. The Morgan fingerprint density at radius 3 is 2.50 bits per heavy atom. The van der Waals surface area contributed by atoms with Crippen LogP contribution in [0.2, 0.25) is 0 Å². The van der Waals surface area contributed by atoms with Crippen LogP contribution >= 0.6 is 0 Å². The first kappa shape index (κ1) is 15.0. The minimum absolute atomic E-state index is 0.113. The Kier molecular flexibility index (Phi) is 5.59. The highest BCUT2D eigenvalue weighted by atomic mass is 16.5. The molecule has 1 amide bonds. The first-order valence-electron chi connectivity index (χ1n) is 6.47. The predicted octanol–water partition coefficient (Wildman–Crippen LogP) is 1.26. The van der Waals surface area contributed by atoms with Gasteiger partial charge in [0.2, 0.25) is 5.91 Å². The minimum atomic E-state index is -0.581. The van der Waals surface area contributed by atoms with Gasteiger partial charge in [0, 0.05) is 0 Å². The molecule has 3 unspecified atom stereocenters. The molecule has 1 N–H and O–H groups in total. The van der Waals surface area contributed by atoms with Gasteiger partial charge in [0.1, 0.15) is 12.1 Å². The molecule has 1 aliphatic rings. The number of ether oxygens (including phenoxy) is 2. The van der Waals surface area contributed by atoms with Gasteiger partial charge in [0.15, 0.2) is 0 Å². The lowest BCUT2D eigenvalue weighted by molar-refractivity contribution is -0.147. The predicted molar refractivity (Wildman–Crippen MR) is 67.0 cm³/mol. The molecule has 1 fully saturated rings. The Morgan fingerprint density at radius 2 is 2.06 bits per heavy atom. The Hall–Kier alpha value is -1.10. The lowest BCUT2D eigenvalue weighted by Crippen LogP contribution is -2.46. The van der Waals surface area contributed by atoms with Crippen LogP contribution in [0.25, 0.3) is 0 Å². The van der Waals surface area contributed by atoms with E-state index in [4.69, 9.17) is 9.47 Å². The normalized spacial score (nSPS) is 24.9. The largest absolute Gasteiger partial charge is 0.467 e. The highest BCUT2D eigenvalue weighted by Crippen LogP contribution is 2.19. The van der Waals surface area contributed by atoms with Crippen LogP contribution in [0.1, 0.15) is 40.0 Å². The van der Waals surface area contributed by atoms with Gasteiger partial charge >= 0.3 is 5.97 Å². The molecular weight excluding hydrogens is 234 g/mol. The van der Waals surface area contributed by atoms with Crippen LogP contribution in [0, 0.1) is 5.92 Å². The van der Waals surface area contributed by atoms with E-state index in [1.165, 1.54) is 7.11 Å². The van der Waals surface area contributed by atoms with Gasteiger partial charge in [-0.2, -0.15) is 0 Å². The molecule has 0 aliphatic carbocycles. The Labute approximate surface area is 108 Å². The van der Waals surface area contributed by atoms with Crippen LogP contribution in [0.15, 0.2) is 0 Å². The maximum absolute atomic E-state index is 12.0. The molecule has 5 nitrogen and oxygen atoms in total. The van der Waals surface area contributed by atoms with E-state index in [9.17, 15) is 9.59 Å². The fourth-order valence-electron chi connectivity index (χ4n) is 2.09. The molecule has 1 aliphatic heterocycles. The minimum Gasteiger partial charge on any atom is -0.467 e. The van der Waals surface area contributed by atoms with Gasteiger partial charge in [-0.3, -0.25) is 4.79 Å². The van der Waals surface area contributed by atoms with Crippen LogP contribution < -0.4 is 5.32 Å². The van der Waals surface area contributed by atoms with Crippen molar-refractivity contribution < 1.29 is 19.1 Å². The molecule has 1 saturated heterocycles. The number of rotatable bonds is 5. The summed E-state index contributed by atoms with van der Waals surface area (Å²) in [6.07, 6.45) is 1.84. The van der Waals surface area contributed by atoms with Crippen LogP contribution in [0.5, 0.6) is 0 Å². The highest BCUT2D eigenvalue weighted by molar-refractivity contribution is 5.87. The first-order chi connectivity index (χ1) is 8.43. The lowest BCUT2D eigenvalue weighted by Gasteiger charge is -2.20. The maximum Gasteiger partial charge on any atom is 0.328 e. The number of carbonyl (C=O) groups is 2. The molecule has 0 aromatic rings. The monoisotopic (exact) mass is 257 g/mol. The molecule has 5 heteroatoms. The third-order valence-electron chi connectivity index (χ3n) is 3.03. The molecule has 3 atom stereocenters. The Bertz CT molecular complexity index is 303. The van der Waals surface area contributed by atoms with Crippen molar-refractivity contribution in [3.63, 3.8) is 0 Å². The standard InChI is InChI=1S/C13H23NO4/c1-8(2)7-10(13(16)17-4)14-12(15)11-6-5-9(3)18-11/h8-11H,5-7H2,1-4H3,(H,14,15).